The molecule has 506 valence electrons. The summed E-state index contributed by atoms with van der Waals surface area (Å²) in [4.78, 5) is 128. The predicted octanol–water partition coefficient (Wildman–Crippen LogP) is 5.65. The van der Waals surface area contributed by atoms with Crippen LogP contribution >= 0.6 is 11.6 Å². The smallest absolute Gasteiger partial charge is 0.415 e. The zero-order valence-corrected chi connectivity index (χ0v) is 54.3. The highest BCUT2D eigenvalue weighted by atomic mass is 35.5. The van der Waals surface area contributed by atoms with Crippen molar-refractivity contribution in [3.8, 4) is 23.0 Å². The minimum Gasteiger partial charge on any atom is -0.493 e. The van der Waals surface area contributed by atoms with E-state index < -0.39 is 71.8 Å². The lowest BCUT2D eigenvalue weighted by Crippen LogP contribution is -2.54. The number of aromatic nitrogens is 2. The third-order valence-electron chi connectivity index (χ3n) is 16.1. The van der Waals surface area contributed by atoms with Crippen LogP contribution in [0.25, 0.3) is 21.8 Å². The number of carboxylic acids is 1. The average Bonchev–Trinajstić information content (AvgIpc) is 1.60. The van der Waals surface area contributed by atoms with E-state index in [9.17, 15) is 48.3 Å². The van der Waals surface area contributed by atoms with Gasteiger partial charge in [-0.2, -0.15) is 0 Å². The van der Waals surface area contributed by atoms with Gasteiger partial charge in [0.1, 0.15) is 24.4 Å². The molecule has 1 saturated heterocycles. The molecule has 1 fully saturated rings. The first kappa shape index (κ1) is 71.2. The van der Waals surface area contributed by atoms with E-state index in [4.69, 9.17) is 55.2 Å². The number of hydrogen-bond acceptors (Lipinski definition) is 18. The van der Waals surface area contributed by atoms with Gasteiger partial charge >= 0.3 is 30.2 Å². The lowest BCUT2D eigenvalue weighted by Gasteiger charge is -2.30. The second kappa shape index (κ2) is 33.9. The Balaban J connectivity index is 0.875. The number of primary amides is 1. The maximum Gasteiger partial charge on any atom is 0.415 e. The molecule has 3 unspecified atom stereocenters. The third kappa shape index (κ3) is 19.0. The molecule has 5 aromatic rings. The third-order valence-corrected chi connectivity index (χ3v) is 16.4. The first-order chi connectivity index (χ1) is 44.6. The Labute approximate surface area is 542 Å². The molecule has 2 aliphatic rings. The van der Waals surface area contributed by atoms with Gasteiger partial charge in [-0.25, -0.2) is 19.2 Å². The maximum absolute atomic E-state index is 13.9. The van der Waals surface area contributed by atoms with Crippen LogP contribution in [0, 0.1) is 11.8 Å². The average molecular weight is 1320 g/mol. The van der Waals surface area contributed by atoms with Gasteiger partial charge in [-0.15, -0.1) is 11.6 Å². The molecular formula is C63H84ClN11O18. The number of carbonyl (C=O) groups excluding carboxylic acids is 8. The van der Waals surface area contributed by atoms with Crippen molar-refractivity contribution in [2.24, 2.45) is 17.6 Å². The highest BCUT2D eigenvalue weighted by Crippen LogP contribution is 2.48. The molecule has 2 aromatic heterocycles. The fraction of sp³-hybridized carbons (Fsp3) is 0.508. The fourth-order valence-corrected chi connectivity index (χ4v) is 11.2. The number of hydrogen-bond donors (Lipinski definition) is 8. The summed E-state index contributed by atoms with van der Waals surface area (Å²) in [5.74, 6) is -2.45. The Morgan fingerprint density at radius 3 is 2.09 bits per heavy atom. The van der Waals surface area contributed by atoms with Crippen LogP contribution in [-0.4, -0.2) is 210 Å². The number of carbonyl (C=O) groups is 9. The van der Waals surface area contributed by atoms with E-state index in [1.807, 2.05) is 12.1 Å². The van der Waals surface area contributed by atoms with Crippen molar-refractivity contribution < 1.29 is 86.2 Å². The molecule has 0 saturated carbocycles. The SMILES string of the molecule is COC(=O)c1cc2c3c(cc(OC(=O)N(C)CCN(C)C(=O)OCc4ccc(NC(=O)C(NC(=O)C(CCCNC(N)=O)NC(=O)CCOCCOCCC(=O)N5CCC(C(=O)O)CC5)C(C)C)cc4)c2[nH]1)N(Cc1cc2cc(OC)c(OC)c(OC)c2[nH]1)CC3CCl. The fourth-order valence-electron chi connectivity index (χ4n) is 10.9. The van der Waals surface area contributed by atoms with Crippen molar-refractivity contribution >= 4 is 98.6 Å². The Morgan fingerprint density at radius 2 is 1.46 bits per heavy atom. The van der Waals surface area contributed by atoms with E-state index in [0.717, 1.165) is 22.3 Å². The van der Waals surface area contributed by atoms with Crippen LogP contribution in [0.3, 0.4) is 0 Å². The Hall–Kier alpha value is -9.22. The number of nitrogens with one attached hydrogen (secondary N) is 6. The number of benzene rings is 3. The number of methoxy groups -OCH3 is 4. The molecule has 3 aromatic carbocycles. The van der Waals surface area contributed by atoms with Crippen molar-refractivity contribution in [3.63, 3.8) is 0 Å². The van der Waals surface area contributed by atoms with E-state index in [-0.39, 0.29) is 108 Å². The van der Waals surface area contributed by atoms with E-state index in [1.165, 1.54) is 38.1 Å². The number of aliphatic carboxylic acids is 1. The molecule has 8 amide bonds. The largest absolute Gasteiger partial charge is 0.493 e. The number of esters is 1. The van der Waals surface area contributed by atoms with Gasteiger partial charge in [0.2, 0.25) is 29.4 Å². The molecule has 7 rings (SSSR count). The Morgan fingerprint density at radius 1 is 0.785 bits per heavy atom. The van der Waals surface area contributed by atoms with E-state index in [1.54, 1.807) is 69.4 Å². The molecule has 0 radical (unpaired) electrons. The number of rotatable bonds is 33. The first-order valence-electron chi connectivity index (χ1n) is 30.5. The molecule has 29 nitrogen and oxygen atoms in total. The minimum atomic E-state index is -1.09. The standard InChI is InChI=1S/C63H84ClN11O18/c1-36(2)52(71-57(78)44(10-9-19-66-61(65)83)69-49(76)17-24-90-26-27-91-25-18-50(77)74-20-15-38(16-21-74)59(80)81)58(79)68-41-13-11-37(12-14-41)35-92-62(84)72(3)22-23-73(4)63(85)93-47-31-46-51(43-30-45(60(82)89-8)70-54(43)47)40(32-64)33-75(46)34-42-28-39-29-48(86-5)55(87-6)56(88-7)53(39)67-42/h11-14,28-31,36,38,40,44,52,67,70H,9-10,15-27,32-35H2,1-8H3,(H,68,79)(H,69,76)(H,71,78)(H,80,81)(H3,65,66,83). The number of aromatic amines is 2. The topological polar surface area (TPSA) is 366 Å². The number of nitrogens with zero attached hydrogens (tertiary/aromatic N) is 4. The number of ether oxygens (including phenoxy) is 8. The van der Waals surface area contributed by atoms with Crippen LogP contribution in [0.5, 0.6) is 23.0 Å². The number of halogens is 1. The Bertz CT molecular complexity index is 3460. The van der Waals surface area contributed by atoms with Crippen LogP contribution in [0.15, 0.2) is 48.5 Å². The lowest BCUT2D eigenvalue weighted by molar-refractivity contribution is -0.146. The molecule has 30 heteroatoms. The molecule has 93 heavy (non-hydrogen) atoms. The zero-order chi connectivity index (χ0) is 67.5. The molecule has 9 N–H and O–H groups in total. The summed E-state index contributed by atoms with van der Waals surface area (Å²) in [5.41, 5.74) is 9.85. The van der Waals surface area contributed by atoms with E-state index in [0.29, 0.717) is 83.9 Å². The number of piperidine rings is 1. The molecular weight excluding hydrogens is 1230 g/mol. The number of H-pyrrole nitrogens is 2. The van der Waals surface area contributed by atoms with Gasteiger partial charge < -0.3 is 99.6 Å². The van der Waals surface area contributed by atoms with Gasteiger partial charge in [0, 0.05) is 105 Å². The van der Waals surface area contributed by atoms with Gasteiger partial charge in [0.15, 0.2) is 17.2 Å². The first-order valence-corrected chi connectivity index (χ1v) is 31.0. The summed E-state index contributed by atoms with van der Waals surface area (Å²) in [6.07, 6.45) is -0.209. The van der Waals surface area contributed by atoms with Crippen molar-refractivity contribution in [1.29, 1.82) is 0 Å². The summed E-state index contributed by atoms with van der Waals surface area (Å²) in [6.45, 7) is 5.68. The van der Waals surface area contributed by atoms with Crippen molar-refractivity contribution in [1.82, 2.24) is 40.6 Å². The Kier molecular flexibility index (Phi) is 26.0. The van der Waals surface area contributed by atoms with Crippen LogP contribution in [0.4, 0.5) is 25.8 Å². The maximum atomic E-state index is 13.9. The number of urea groups is 1. The molecule has 2 aliphatic heterocycles. The molecule has 4 heterocycles. The van der Waals surface area contributed by atoms with Crippen molar-refractivity contribution in [2.75, 3.05) is 124 Å². The zero-order valence-electron chi connectivity index (χ0n) is 53.6. The summed E-state index contributed by atoms with van der Waals surface area (Å²) in [5, 5.41) is 21.4. The minimum absolute atomic E-state index is 0.00275. The van der Waals surface area contributed by atoms with E-state index in [2.05, 4.69) is 36.1 Å². The number of nitrogens with two attached hydrogens (primary N) is 1. The van der Waals surface area contributed by atoms with Gasteiger partial charge in [-0.1, -0.05) is 26.0 Å². The predicted molar refractivity (Wildman–Crippen MR) is 342 cm³/mol. The number of alkyl halides is 1. The number of likely N-dealkylation sites (tertiary alicyclic amines) is 1. The second-order valence-corrected chi connectivity index (χ2v) is 23.2. The van der Waals surface area contributed by atoms with Gasteiger partial charge in [-0.3, -0.25) is 24.0 Å². The van der Waals surface area contributed by atoms with Crippen molar-refractivity contribution in [2.45, 2.75) is 83.5 Å². The summed E-state index contributed by atoms with van der Waals surface area (Å²) in [7, 11) is 8.93. The van der Waals surface area contributed by atoms with Crippen LogP contribution in [0.1, 0.15) is 85.6 Å². The molecule has 3 atom stereocenters. The van der Waals surface area contributed by atoms with Crippen LogP contribution in [-0.2, 0) is 56.1 Å². The monoisotopic (exact) mass is 1320 g/mol. The number of anilines is 2. The number of amides is 8. The lowest BCUT2D eigenvalue weighted by atomic mass is 9.97. The summed E-state index contributed by atoms with van der Waals surface area (Å²) < 4.78 is 44.6. The summed E-state index contributed by atoms with van der Waals surface area (Å²) >= 11 is 6.63. The van der Waals surface area contributed by atoms with Crippen LogP contribution < -0.4 is 50.8 Å². The quantitative estimate of drug-likeness (QED) is 0.0143. The van der Waals surface area contributed by atoms with Gasteiger partial charge in [-0.05, 0) is 73.1 Å². The van der Waals surface area contributed by atoms with Gasteiger partial charge in [0.25, 0.3) is 0 Å². The number of fused-ring (bicyclic) bond motifs is 4. The number of likely N-dealkylation sites (N-methyl/N-ethyl adjacent to an activating group) is 2. The molecule has 0 spiro atoms. The molecule has 0 aliphatic carbocycles. The number of carboxylic acid groups (broad SMARTS) is 1. The summed E-state index contributed by atoms with van der Waals surface area (Å²) in [6, 6.07) is 10.9. The van der Waals surface area contributed by atoms with Crippen molar-refractivity contribution in [3.05, 3.63) is 71.0 Å². The van der Waals surface area contributed by atoms with Crippen LogP contribution in [0.2, 0.25) is 0 Å². The molecule has 0 bridgehead atoms. The van der Waals surface area contributed by atoms with Gasteiger partial charge in [0.05, 0.1) is 84.8 Å². The normalized spacial score (nSPS) is 14.4. The highest BCUT2D eigenvalue weighted by molar-refractivity contribution is 6.19. The second-order valence-electron chi connectivity index (χ2n) is 22.9. The highest BCUT2D eigenvalue weighted by Gasteiger charge is 2.35. The van der Waals surface area contributed by atoms with E-state index >= 15 is 0 Å².